The van der Waals surface area contributed by atoms with Gasteiger partial charge in [-0.1, -0.05) is 0 Å². The quantitative estimate of drug-likeness (QED) is 0.862. The first-order valence-electron chi connectivity index (χ1n) is 7.11. The molecule has 1 aromatic rings. The summed E-state index contributed by atoms with van der Waals surface area (Å²) in [6.07, 6.45) is 4.05. The summed E-state index contributed by atoms with van der Waals surface area (Å²) in [5.41, 5.74) is 0. The molecule has 2 aliphatic rings. The summed E-state index contributed by atoms with van der Waals surface area (Å²) in [5.74, 6) is 0.174. The van der Waals surface area contributed by atoms with Crippen LogP contribution in [0.15, 0.2) is 16.3 Å². The molecule has 20 heavy (non-hydrogen) atoms. The Morgan fingerprint density at radius 1 is 1.25 bits per heavy atom. The van der Waals surface area contributed by atoms with Crippen LogP contribution in [0.5, 0.6) is 0 Å². The fourth-order valence-corrected chi connectivity index (χ4v) is 6.52. The second kappa shape index (κ2) is 5.24. The number of ketones is 1. The second-order valence-corrected chi connectivity index (χ2v) is 9.06. The molecule has 6 heteroatoms. The first-order chi connectivity index (χ1) is 9.50. The highest BCUT2D eigenvalue weighted by atomic mass is 32.2. The van der Waals surface area contributed by atoms with Gasteiger partial charge in [0, 0.05) is 29.8 Å². The van der Waals surface area contributed by atoms with Crippen molar-refractivity contribution in [1.29, 1.82) is 0 Å². The normalized spacial score (nSPS) is 28.4. The van der Waals surface area contributed by atoms with Crippen molar-refractivity contribution in [2.75, 3.05) is 6.54 Å². The predicted octanol–water partition coefficient (Wildman–Crippen LogP) is 2.58. The predicted molar refractivity (Wildman–Crippen MR) is 78.3 cm³/mol. The zero-order valence-corrected chi connectivity index (χ0v) is 13.2. The molecule has 2 heterocycles. The smallest absolute Gasteiger partial charge is 0.252 e. The van der Waals surface area contributed by atoms with Crippen molar-refractivity contribution in [3.05, 3.63) is 17.0 Å². The van der Waals surface area contributed by atoms with E-state index in [1.807, 2.05) is 13.0 Å². The number of aryl methyl sites for hydroxylation is 1. The van der Waals surface area contributed by atoms with Gasteiger partial charge in [0.1, 0.15) is 9.99 Å². The Kier molecular flexibility index (Phi) is 3.73. The van der Waals surface area contributed by atoms with Crippen LogP contribution in [0.1, 0.15) is 37.0 Å². The maximum absolute atomic E-state index is 12.7. The van der Waals surface area contributed by atoms with Gasteiger partial charge < -0.3 is 0 Å². The van der Waals surface area contributed by atoms with Crippen molar-refractivity contribution in [3.8, 4) is 0 Å². The van der Waals surface area contributed by atoms with E-state index in [2.05, 4.69) is 0 Å². The summed E-state index contributed by atoms with van der Waals surface area (Å²) in [7, 11) is -3.43. The summed E-state index contributed by atoms with van der Waals surface area (Å²) >= 11 is 1.31. The van der Waals surface area contributed by atoms with Gasteiger partial charge in [-0.3, -0.25) is 4.79 Å². The van der Waals surface area contributed by atoms with Gasteiger partial charge in [-0.15, -0.1) is 11.3 Å². The molecule has 2 unspecified atom stereocenters. The standard InChI is InChI=1S/C14H19NO3S2/c1-10-7-8-14(19-10)20(17,18)15-9-3-5-12(15)11-4-2-6-13(11)16/h7-8,11-12H,2-6,9H2,1H3. The molecule has 0 N–H and O–H groups in total. The van der Waals surface area contributed by atoms with Crippen LogP contribution in [0.2, 0.25) is 0 Å². The third-order valence-electron chi connectivity index (χ3n) is 4.34. The van der Waals surface area contributed by atoms with Gasteiger partial charge in [0.05, 0.1) is 0 Å². The van der Waals surface area contributed by atoms with Gasteiger partial charge >= 0.3 is 0 Å². The van der Waals surface area contributed by atoms with Crippen LogP contribution in [0.3, 0.4) is 0 Å². The number of thiophene rings is 1. The molecule has 4 nitrogen and oxygen atoms in total. The molecular formula is C14H19NO3S2. The van der Waals surface area contributed by atoms with Gasteiger partial charge in [-0.2, -0.15) is 4.31 Å². The highest BCUT2D eigenvalue weighted by Gasteiger charge is 2.43. The molecule has 1 aliphatic heterocycles. The molecule has 1 saturated heterocycles. The molecule has 0 radical (unpaired) electrons. The van der Waals surface area contributed by atoms with E-state index in [1.165, 1.54) is 11.3 Å². The summed E-state index contributed by atoms with van der Waals surface area (Å²) in [4.78, 5) is 13.0. The Labute approximate surface area is 123 Å². The Morgan fingerprint density at radius 3 is 2.65 bits per heavy atom. The largest absolute Gasteiger partial charge is 0.299 e. The molecule has 2 atom stereocenters. The van der Waals surface area contributed by atoms with E-state index in [1.54, 1.807) is 10.4 Å². The molecule has 3 rings (SSSR count). The minimum absolute atomic E-state index is 0.0756. The van der Waals surface area contributed by atoms with Crippen LogP contribution in [-0.2, 0) is 14.8 Å². The average molecular weight is 313 g/mol. The molecule has 110 valence electrons. The number of carbonyl (C=O) groups is 1. The lowest BCUT2D eigenvalue weighted by Crippen LogP contribution is -2.41. The zero-order chi connectivity index (χ0) is 14.3. The van der Waals surface area contributed by atoms with Crippen LogP contribution >= 0.6 is 11.3 Å². The lowest BCUT2D eigenvalue weighted by atomic mass is 9.96. The lowest BCUT2D eigenvalue weighted by molar-refractivity contribution is -0.121. The number of hydrogen-bond donors (Lipinski definition) is 0. The van der Waals surface area contributed by atoms with E-state index in [0.717, 1.165) is 30.6 Å². The van der Waals surface area contributed by atoms with E-state index in [4.69, 9.17) is 0 Å². The van der Waals surface area contributed by atoms with E-state index in [9.17, 15) is 13.2 Å². The summed E-state index contributed by atoms with van der Waals surface area (Å²) in [5, 5.41) is 0. The minimum Gasteiger partial charge on any atom is -0.299 e. The van der Waals surface area contributed by atoms with Gasteiger partial charge in [0.2, 0.25) is 0 Å². The van der Waals surface area contributed by atoms with Crippen LogP contribution in [0.25, 0.3) is 0 Å². The molecule has 1 saturated carbocycles. The average Bonchev–Trinajstić information content (AvgIpc) is 3.07. The molecule has 0 spiro atoms. The van der Waals surface area contributed by atoms with Crippen molar-refractivity contribution >= 4 is 27.1 Å². The van der Waals surface area contributed by atoms with E-state index in [-0.39, 0.29) is 17.7 Å². The number of hydrogen-bond acceptors (Lipinski definition) is 4. The molecule has 1 aromatic heterocycles. The first-order valence-corrected chi connectivity index (χ1v) is 9.37. The van der Waals surface area contributed by atoms with Crippen LogP contribution in [-0.4, -0.2) is 31.1 Å². The molecule has 0 aromatic carbocycles. The zero-order valence-electron chi connectivity index (χ0n) is 11.5. The second-order valence-electron chi connectivity index (χ2n) is 5.66. The van der Waals surface area contributed by atoms with Gasteiger partial charge in [0.15, 0.2) is 0 Å². The highest BCUT2D eigenvalue weighted by Crippen LogP contribution is 2.37. The van der Waals surface area contributed by atoms with E-state index < -0.39 is 10.0 Å². The summed E-state index contributed by atoms with van der Waals surface area (Å²) in [6, 6.07) is 3.40. The maximum Gasteiger partial charge on any atom is 0.252 e. The van der Waals surface area contributed by atoms with Gasteiger partial charge in [-0.25, -0.2) is 8.42 Å². The summed E-state index contributed by atoms with van der Waals surface area (Å²) in [6.45, 7) is 2.46. The van der Waals surface area contributed by atoms with E-state index in [0.29, 0.717) is 17.2 Å². The van der Waals surface area contributed by atoms with Gasteiger partial charge in [0.25, 0.3) is 10.0 Å². The maximum atomic E-state index is 12.7. The number of Topliss-reactive ketones (excluding diaryl/α,β-unsaturated/α-hetero) is 1. The molecule has 0 bridgehead atoms. The number of nitrogens with zero attached hydrogens (tertiary/aromatic N) is 1. The van der Waals surface area contributed by atoms with E-state index >= 15 is 0 Å². The van der Waals surface area contributed by atoms with Crippen LogP contribution in [0.4, 0.5) is 0 Å². The van der Waals surface area contributed by atoms with Crippen molar-refractivity contribution in [1.82, 2.24) is 4.31 Å². The number of carbonyl (C=O) groups excluding carboxylic acids is 1. The Bertz CT molecular complexity index is 620. The van der Waals surface area contributed by atoms with Crippen molar-refractivity contribution in [3.63, 3.8) is 0 Å². The number of sulfonamides is 1. The molecular weight excluding hydrogens is 294 g/mol. The number of rotatable bonds is 3. The molecule has 1 aliphatic carbocycles. The third kappa shape index (κ3) is 2.34. The minimum atomic E-state index is -3.43. The van der Waals surface area contributed by atoms with Crippen LogP contribution in [0, 0.1) is 12.8 Å². The Morgan fingerprint density at radius 2 is 2.05 bits per heavy atom. The fraction of sp³-hybridized carbons (Fsp3) is 0.643. The summed E-state index contributed by atoms with van der Waals surface area (Å²) < 4.78 is 27.5. The fourth-order valence-electron chi connectivity index (χ4n) is 3.38. The molecule has 2 fully saturated rings. The Balaban J connectivity index is 1.90. The third-order valence-corrected chi connectivity index (χ3v) is 7.74. The van der Waals surface area contributed by atoms with Crippen molar-refractivity contribution < 1.29 is 13.2 Å². The van der Waals surface area contributed by atoms with Crippen molar-refractivity contribution in [2.24, 2.45) is 5.92 Å². The first kappa shape index (κ1) is 14.2. The monoisotopic (exact) mass is 313 g/mol. The van der Waals surface area contributed by atoms with Crippen LogP contribution < -0.4 is 0 Å². The Hall–Kier alpha value is -0.720. The van der Waals surface area contributed by atoms with Gasteiger partial charge in [-0.05, 0) is 44.7 Å². The topological polar surface area (TPSA) is 54.5 Å². The molecule has 0 amide bonds. The SMILES string of the molecule is Cc1ccc(S(=O)(=O)N2CCCC2C2CCCC2=O)s1. The highest BCUT2D eigenvalue weighted by molar-refractivity contribution is 7.91. The van der Waals surface area contributed by atoms with Crippen molar-refractivity contribution in [2.45, 2.75) is 49.3 Å². The lowest BCUT2D eigenvalue weighted by Gasteiger charge is -2.27.